The number of benzene rings is 1. The minimum absolute atomic E-state index is 0.137. The molecule has 3 aromatic heterocycles. The number of fused-ring (bicyclic) bond motifs is 1. The van der Waals surface area contributed by atoms with Gasteiger partial charge in [-0.15, -0.1) is 10.2 Å². The van der Waals surface area contributed by atoms with Gasteiger partial charge in [0, 0.05) is 24.5 Å². The second kappa shape index (κ2) is 6.91. The summed E-state index contributed by atoms with van der Waals surface area (Å²) in [5, 5.41) is 8.59. The number of pyridine rings is 1. The van der Waals surface area contributed by atoms with Crippen molar-refractivity contribution in [3.63, 3.8) is 0 Å². The quantitative estimate of drug-likeness (QED) is 0.542. The topological polar surface area (TPSA) is 91.6 Å². The van der Waals surface area contributed by atoms with Gasteiger partial charge in [0.2, 0.25) is 0 Å². The smallest absolute Gasteiger partial charge is 0.267 e. The number of nitrogens with zero attached hydrogens (tertiary/aromatic N) is 5. The Hall–Kier alpha value is -3.74. The molecule has 1 fully saturated rings. The highest BCUT2D eigenvalue weighted by Crippen LogP contribution is 2.51. The molecule has 0 aliphatic heterocycles. The third kappa shape index (κ3) is 2.88. The van der Waals surface area contributed by atoms with E-state index in [2.05, 4.69) is 57.5 Å². The number of amides is 1. The van der Waals surface area contributed by atoms with Crippen LogP contribution < -0.4 is 5.73 Å². The van der Waals surface area contributed by atoms with E-state index >= 15 is 0 Å². The van der Waals surface area contributed by atoms with Crippen LogP contribution in [0.4, 0.5) is 0 Å². The van der Waals surface area contributed by atoms with Crippen molar-refractivity contribution < 1.29 is 4.79 Å². The van der Waals surface area contributed by atoms with Crippen molar-refractivity contribution >= 4 is 23.0 Å². The van der Waals surface area contributed by atoms with Crippen LogP contribution in [0.25, 0.3) is 22.8 Å². The SMILES string of the molecule is C=Cc1cc(C(N)=O)nc2ccn(-c3cccc(C4(c5nncn5C)CC(C)C4)c3)c12. The van der Waals surface area contributed by atoms with E-state index in [-0.39, 0.29) is 11.1 Å². The van der Waals surface area contributed by atoms with Crippen LogP contribution in [0.15, 0.2) is 55.5 Å². The lowest BCUT2D eigenvalue weighted by atomic mass is 9.58. The fourth-order valence-electron chi connectivity index (χ4n) is 5.02. The van der Waals surface area contributed by atoms with Crippen molar-refractivity contribution in [2.75, 3.05) is 0 Å². The molecule has 0 bridgehead atoms. The van der Waals surface area contributed by atoms with E-state index in [0.717, 1.165) is 35.4 Å². The average molecular weight is 412 g/mol. The van der Waals surface area contributed by atoms with E-state index < -0.39 is 5.91 Å². The second-order valence-corrected chi connectivity index (χ2v) is 8.50. The normalized spacial score (nSPS) is 20.5. The lowest BCUT2D eigenvalue weighted by molar-refractivity contribution is 0.0996. The highest BCUT2D eigenvalue weighted by molar-refractivity contribution is 5.96. The maximum absolute atomic E-state index is 11.7. The molecule has 4 aromatic rings. The van der Waals surface area contributed by atoms with Gasteiger partial charge in [-0.25, -0.2) is 4.98 Å². The maximum Gasteiger partial charge on any atom is 0.267 e. The van der Waals surface area contributed by atoms with E-state index in [9.17, 15) is 4.79 Å². The maximum atomic E-state index is 11.7. The third-order valence-electron chi connectivity index (χ3n) is 6.35. The van der Waals surface area contributed by atoms with Crippen molar-refractivity contribution in [1.82, 2.24) is 24.3 Å². The Labute approximate surface area is 180 Å². The third-order valence-corrected chi connectivity index (χ3v) is 6.35. The molecule has 31 heavy (non-hydrogen) atoms. The second-order valence-electron chi connectivity index (χ2n) is 8.50. The van der Waals surface area contributed by atoms with E-state index in [1.165, 1.54) is 5.56 Å². The van der Waals surface area contributed by atoms with Crippen LogP contribution in [0.5, 0.6) is 0 Å². The standard InChI is InChI=1S/C24H24N6O/c1-4-16-10-20(22(25)31)27-19-8-9-30(21(16)19)18-7-5-6-17(11-18)24(12-15(2)13-24)23-28-26-14-29(23)3/h4-11,14-15H,1,12-13H2,2-3H3,(H2,25,31). The van der Waals surface area contributed by atoms with Gasteiger partial charge in [-0.3, -0.25) is 4.79 Å². The Morgan fingerprint density at radius 2 is 2.10 bits per heavy atom. The molecule has 0 unspecified atom stereocenters. The lowest BCUT2D eigenvalue weighted by Crippen LogP contribution is -2.43. The molecule has 0 radical (unpaired) electrons. The first-order valence-electron chi connectivity index (χ1n) is 10.3. The largest absolute Gasteiger partial charge is 0.364 e. The Balaban J connectivity index is 1.66. The van der Waals surface area contributed by atoms with Gasteiger partial charge in [0.15, 0.2) is 0 Å². The van der Waals surface area contributed by atoms with Crippen LogP contribution in [0.1, 0.15) is 47.2 Å². The number of hydrogen-bond acceptors (Lipinski definition) is 4. The molecule has 7 nitrogen and oxygen atoms in total. The highest BCUT2D eigenvalue weighted by atomic mass is 16.1. The first kappa shape index (κ1) is 19.2. The summed E-state index contributed by atoms with van der Waals surface area (Å²) in [6.07, 6.45) is 7.54. The Morgan fingerprint density at radius 3 is 2.74 bits per heavy atom. The fourth-order valence-corrected chi connectivity index (χ4v) is 5.02. The zero-order valence-electron chi connectivity index (χ0n) is 17.6. The van der Waals surface area contributed by atoms with Crippen molar-refractivity contribution in [3.8, 4) is 5.69 Å². The van der Waals surface area contributed by atoms with Gasteiger partial charge in [-0.1, -0.05) is 31.7 Å². The van der Waals surface area contributed by atoms with Gasteiger partial charge in [-0.05, 0) is 48.6 Å². The molecular formula is C24H24N6O. The molecular weight excluding hydrogens is 388 g/mol. The van der Waals surface area contributed by atoms with Crippen molar-refractivity contribution in [2.45, 2.75) is 25.2 Å². The Morgan fingerprint density at radius 1 is 1.29 bits per heavy atom. The number of carbonyl (C=O) groups excluding carboxylic acids is 1. The molecule has 3 heterocycles. The molecule has 0 atom stereocenters. The summed E-state index contributed by atoms with van der Waals surface area (Å²) >= 11 is 0. The van der Waals surface area contributed by atoms with Gasteiger partial charge in [0.25, 0.3) is 5.91 Å². The van der Waals surface area contributed by atoms with Crippen LogP contribution in [0.3, 0.4) is 0 Å². The number of carbonyl (C=O) groups is 1. The van der Waals surface area contributed by atoms with Gasteiger partial charge >= 0.3 is 0 Å². The summed E-state index contributed by atoms with van der Waals surface area (Å²) in [5.74, 6) is 1.08. The molecule has 5 rings (SSSR count). The monoisotopic (exact) mass is 412 g/mol. The van der Waals surface area contributed by atoms with E-state index in [1.54, 1.807) is 18.5 Å². The molecule has 1 aromatic carbocycles. The number of rotatable bonds is 5. The Kier molecular flexibility index (Phi) is 4.28. The lowest BCUT2D eigenvalue weighted by Gasteiger charge is -2.46. The molecule has 2 N–H and O–H groups in total. The van der Waals surface area contributed by atoms with Crippen LogP contribution in [0.2, 0.25) is 0 Å². The van der Waals surface area contributed by atoms with E-state index in [1.807, 2.05) is 23.9 Å². The zero-order valence-corrected chi connectivity index (χ0v) is 17.6. The van der Waals surface area contributed by atoms with Crippen LogP contribution >= 0.6 is 0 Å². The molecule has 0 saturated heterocycles. The fraction of sp³-hybridized carbons (Fsp3) is 0.250. The minimum atomic E-state index is -0.551. The summed E-state index contributed by atoms with van der Waals surface area (Å²) in [6, 6.07) is 12.1. The number of primary amides is 1. The highest BCUT2D eigenvalue weighted by Gasteiger charge is 2.48. The predicted molar refractivity (Wildman–Crippen MR) is 120 cm³/mol. The summed E-state index contributed by atoms with van der Waals surface area (Å²) in [6.45, 7) is 6.19. The van der Waals surface area contributed by atoms with Crippen LogP contribution in [0, 0.1) is 5.92 Å². The molecule has 1 aliphatic rings. The number of aryl methyl sites for hydroxylation is 1. The molecule has 156 valence electrons. The average Bonchev–Trinajstić information content (AvgIpc) is 3.37. The van der Waals surface area contributed by atoms with Crippen molar-refractivity contribution in [3.05, 3.63) is 78.1 Å². The molecule has 1 amide bonds. The van der Waals surface area contributed by atoms with Gasteiger partial charge in [-0.2, -0.15) is 0 Å². The summed E-state index contributed by atoms with van der Waals surface area (Å²) in [5.41, 5.74) is 10.2. The summed E-state index contributed by atoms with van der Waals surface area (Å²) in [4.78, 5) is 16.1. The van der Waals surface area contributed by atoms with E-state index in [0.29, 0.717) is 11.4 Å². The molecule has 1 aliphatic carbocycles. The van der Waals surface area contributed by atoms with Crippen molar-refractivity contribution in [1.29, 1.82) is 0 Å². The van der Waals surface area contributed by atoms with Gasteiger partial charge in [0.1, 0.15) is 17.8 Å². The first-order chi connectivity index (χ1) is 14.9. The number of nitrogens with two attached hydrogens (primary N) is 1. The minimum Gasteiger partial charge on any atom is -0.364 e. The predicted octanol–water partition coefficient (Wildman–Crippen LogP) is 3.61. The summed E-state index contributed by atoms with van der Waals surface area (Å²) in [7, 11) is 2.00. The van der Waals surface area contributed by atoms with E-state index in [4.69, 9.17) is 5.73 Å². The molecule has 0 spiro atoms. The zero-order chi connectivity index (χ0) is 21.8. The Bertz CT molecular complexity index is 1330. The number of hydrogen-bond donors (Lipinski definition) is 1. The molecule has 7 heteroatoms. The molecule has 1 saturated carbocycles. The summed E-state index contributed by atoms with van der Waals surface area (Å²) < 4.78 is 4.11. The van der Waals surface area contributed by atoms with Crippen LogP contribution in [-0.2, 0) is 12.5 Å². The number of aromatic nitrogens is 5. The van der Waals surface area contributed by atoms with Crippen LogP contribution in [-0.4, -0.2) is 30.2 Å². The van der Waals surface area contributed by atoms with Gasteiger partial charge in [0.05, 0.1) is 16.4 Å². The van der Waals surface area contributed by atoms with Gasteiger partial charge < -0.3 is 14.9 Å². The first-order valence-corrected chi connectivity index (χ1v) is 10.3. The van der Waals surface area contributed by atoms with Crippen molar-refractivity contribution in [2.24, 2.45) is 18.7 Å².